The Morgan fingerprint density at radius 2 is 1.70 bits per heavy atom. The van der Waals surface area contributed by atoms with E-state index in [1.165, 1.54) is 0 Å². The SMILES string of the molecule is CC(C)CN1CCN(c2ccc(C(C)C)cc2F)CC1. The van der Waals surface area contributed by atoms with E-state index in [0.717, 1.165) is 44.0 Å². The molecule has 0 unspecified atom stereocenters. The Morgan fingerprint density at radius 3 is 2.20 bits per heavy atom. The van der Waals surface area contributed by atoms with E-state index in [4.69, 9.17) is 0 Å². The van der Waals surface area contributed by atoms with E-state index in [1.54, 1.807) is 6.07 Å². The molecule has 0 N–H and O–H groups in total. The van der Waals surface area contributed by atoms with Gasteiger partial charge in [-0.3, -0.25) is 4.90 Å². The third-order valence-electron chi connectivity index (χ3n) is 3.97. The van der Waals surface area contributed by atoms with Gasteiger partial charge in [0.25, 0.3) is 0 Å². The van der Waals surface area contributed by atoms with Crippen LogP contribution in [0.1, 0.15) is 39.2 Å². The van der Waals surface area contributed by atoms with Gasteiger partial charge in [-0.15, -0.1) is 0 Å². The van der Waals surface area contributed by atoms with E-state index in [0.29, 0.717) is 11.8 Å². The summed E-state index contributed by atoms with van der Waals surface area (Å²) in [6.45, 7) is 13.7. The van der Waals surface area contributed by atoms with Gasteiger partial charge in [-0.05, 0) is 29.5 Å². The molecule has 20 heavy (non-hydrogen) atoms. The zero-order valence-corrected chi connectivity index (χ0v) is 13.2. The van der Waals surface area contributed by atoms with Crippen LogP contribution in [0.15, 0.2) is 18.2 Å². The van der Waals surface area contributed by atoms with Crippen LogP contribution in [0, 0.1) is 11.7 Å². The first-order valence-corrected chi connectivity index (χ1v) is 7.74. The summed E-state index contributed by atoms with van der Waals surface area (Å²) in [7, 11) is 0. The van der Waals surface area contributed by atoms with Gasteiger partial charge in [0.2, 0.25) is 0 Å². The van der Waals surface area contributed by atoms with E-state index >= 15 is 0 Å². The number of hydrogen-bond donors (Lipinski definition) is 0. The highest BCUT2D eigenvalue weighted by atomic mass is 19.1. The van der Waals surface area contributed by atoms with Gasteiger partial charge in [0.1, 0.15) is 5.82 Å². The maximum atomic E-state index is 14.2. The molecule has 0 saturated carbocycles. The fourth-order valence-electron chi connectivity index (χ4n) is 2.83. The Labute approximate surface area is 122 Å². The van der Waals surface area contributed by atoms with Crippen LogP contribution in [0.4, 0.5) is 10.1 Å². The minimum Gasteiger partial charge on any atom is -0.367 e. The first kappa shape index (κ1) is 15.3. The molecule has 112 valence electrons. The smallest absolute Gasteiger partial charge is 0.146 e. The second-order valence-corrected chi connectivity index (χ2v) is 6.55. The van der Waals surface area contributed by atoms with Gasteiger partial charge in [0, 0.05) is 32.7 Å². The number of nitrogens with zero attached hydrogens (tertiary/aromatic N) is 2. The highest BCUT2D eigenvalue weighted by molar-refractivity contribution is 5.50. The van der Waals surface area contributed by atoms with Crippen LogP contribution < -0.4 is 4.90 Å². The van der Waals surface area contributed by atoms with E-state index < -0.39 is 0 Å². The van der Waals surface area contributed by atoms with Crippen LogP contribution in [-0.4, -0.2) is 37.6 Å². The van der Waals surface area contributed by atoms with Crippen molar-refractivity contribution in [1.29, 1.82) is 0 Å². The fourth-order valence-corrected chi connectivity index (χ4v) is 2.83. The summed E-state index contributed by atoms with van der Waals surface area (Å²) in [6.07, 6.45) is 0. The minimum atomic E-state index is -0.0755. The van der Waals surface area contributed by atoms with Gasteiger partial charge in [-0.1, -0.05) is 33.8 Å². The Hall–Kier alpha value is -1.09. The molecule has 3 heteroatoms. The first-order valence-electron chi connectivity index (χ1n) is 7.74. The van der Waals surface area contributed by atoms with Crippen LogP contribution in [-0.2, 0) is 0 Å². The molecule has 2 rings (SSSR count). The van der Waals surface area contributed by atoms with Gasteiger partial charge in [-0.2, -0.15) is 0 Å². The third kappa shape index (κ3) is 3.72. The van der Waals surface area contributed by atoms with E-state index in [1.807, 2.05) is 6.07 Å². The zero-order valence-electron chi connectivity index (χ0n) is 13.2. The van der Waals surface area contributed by atoms with Gasteiger partial charge in [0.15, 0.2) is 0 Å². The summed E-state index contributed by atoms with van der Waals surface area (Å²) in [5, 5.41) is 0. The molecule has 0 bridgehead atoms. The Bertz CT molecular complexity index is 435. The number of anilines is 1. The lowest BCUT2D eigenvalue weighted by Gasteiger charge is -2.37. The summed E-state index contributed by atoms with van der Waals surface area (Å²) in [5.74, 6) is 0.999. The number of benzene rings is 1. The van der Waals surface area contributed by atoms with Gasteiger partial charge in [-0.25, -0.2) is 4.39 Å². The molecule has 0 spiro atoms. The van der Waals surface area contributed by atoms with Crippen molar-refractivity contribution in [1.82, 2.24) is 4.90 Å². The second kappa shape index (κ2) is 6.57. The van der Waals surface area contributed by atoms with Crippen molar-refractivity contribution in [3.05, 3.63) is 29.6 Å². The molecule has 0 amide bonds. The fraction of sp³-hybridized carbons (Fsp3) is 0.647. The Balaban J connectivity index is 2.00. The number of rotatable bonds is 4. The molecule has 2 nitrogen and oxygen atoms in total. The highest BCUT2D eigenvalue weighted by Crippen LogP contribution is 2.25. The summed E-state index contributed by atoms with van der Waals surface area (Å²) < 4.78 is 14.2. The Kier molecular flexibility index (Phi) is 5.03. The topological polar surface area (TPSA) is 6.48 Å². The van der Waals surface area contributed by atoms with Crippen LogP contribution in [0.5, 0.6) is 0 Å². The molecule has 0 atom stereocenters. The lowest BCUT2D eigenvalue weighted by Crippen LogP contribution is -2.47. The molecule has 1 fully saturated rings. The van der Waals surface area contributed by atoms with Crippen molar-refractivity contribution in [3.8, 4) is 0 Å². The first-order chi connectivity index (χ1) is 9.47. The van der Waals surface area contributed by atoms with E-state index in [-0.39, 0.29) is 5.82 Å². The van der Waals surface area contributed by atoms with Crippen molar-refractivity contribution < 1.29 is 4.39 Å². The number of halogens is 1. The van der Waals surface area contributed by atoms with Crippen LogP contribution in [0.25, 0.3) is 0 Å². The number of piperazine rings is 1. The van der Waals surface area contributed by atoms with Crippen LogP contribution in [0.3, 0.4) is 0 Å². The molecular weight excluding hydrogens is 251 g/mol. The molecule has 1 saturated heterocycles. The van der Waals surface area contributed by atoms with Crippen molar-refractivity contribution in [2.24, 2.45) is 5.92 Å². The molecular formula is C17H27FN2. The summed E-state index contributed by atoms with van der Waals surface area (Å²) >= 11 is 0. The standard InChI is InChI=1S/C17H27FN2/c1-13(2)12-19-7-9-20(10-8-19)17-6-5-15(14(3)4)11-16(17)18/h5-6,11,13-14H,7-10,12H2,1-4H3. The van der Waals surface area contributed by atoms with Crippen LogP contribution >= 0.6 is 0 Å². The number of hydrogen-bond acceptors (Lipinski definition) is 2. The molecule has 1 aliphatic heterocycles. The molecule has 1 aliphatic rings. The molecule has 0 radical (unpaired) electrons. The van der Waals surface area contributed by atoms with Crippen molar-refractivity contribution in [3.63, 3.8) is 0 Å². The highest BCUT2D eigenvalue weighted by Gasteiger charge is 2.20. The normalized spacial score (nSPS) is 17.2. The average Bonchev–Trinajstić information content (AvgIpc) is 2.39. The molecule has 1 aromatic carbocycles. The Morgan fingerprint density at radius 1 is 1.05 bits per heavy atom. The van der Waals surface area contributed by atoms with Gasteiger partial charge >= 0.3 is 0 Å². The monoisotopic (exact) mass is 278 g/mol. The molecule has 0 aromatic heterocycles. The third-order valence-corrected chi connectivity index (χ3v) is 3.97. The maximum Gasteiger partial charge on any atom is 0.146 e. The van der Waals surface area contributed by atoms with E-state index in [9.17, 15) is 4.39 Å². The zero-order chi connectivity index (χ0) is 14.7. The van der Waals surface area contributed by atoms with Crippen molar-refractivity contribution in [2.75, 3.05) is 37.6 Å². The predicted octanol–water partition coefficient (Wildman–Crippen LogP) is 3.73. The van der Waals surface area contributed by atoms with Gasteiger partial charge in [0.05, 0.1) is 5.69 Å². The van der Waals surface area contributed by atoms with Crippen molar-refractivity contribution in [2.45, 2.75) is 33.6 Å². The quantitative estimate of drug-likeness (QED) is 0.828. The lowest BCUT2D eigenvalue weighted by atomic mass is 10.0. The van der Waals surface area contributed by atoms with Gasteiger partial charge < -0.3 is 4.90 Å². The maximum absolute atomic E-state index is 14.2. The summed E-state index contributed by atoms with van der Waals surface area (Å²) in [6, 6.07) is 5.70. The molecule has 1 aromatic rings. The largest absolute Gasteiger partial charge is 0.367 e. The summed E-state index contributed by atoms with van der Waals surface area (Å²) in [4.78, 5) is 4.65. The second-order valence-electron chi connectivity index (χ2n) is 6.55. The molecule has 0 aliphatic carbocycles. The van der Waals surface area contributed by atoms with Crippen LogP contribution in [0.2, 0.25) is 0 Å². The van der Waals surface area contributed by atoms with Crippen molar-refractivity contribution >= 4 is 5.69 Å². The predicted molar refractivity (Wildman–Crippen MR) is 84.0 cm³/mol. The molecule has 1 heterocycles. The average molecular weight is 278 g/mol. The summed E-state index contributed by atoms with van der Waals surface area (Å²) in [5.41, 5.74) is 1.84. The lowest BCUT2D eigenvalue weighted by molar-refractivity contribution is 0.231. The van der Waals surface area contributed by atoms with E-state index in [2.05, 4.69) is 43.6 Å². The minimum absolute atomic E-state index is 0.0755.